The lowest BCUT2D eigenvalue weighted by Gasteiger charge is -2.24. The van der Waals surface area contributed by atoms with Crippen molar-refractivity contribution in [2.45, 2.75) is 36.5 Å². The summed E-state index contributed by atoms with van der Waals surface area (Å²) in [5, 5.41) is 8.87. The van der Waals surface area contributed by atoms with Gasteiger partial charge in [0.05, 0.1) is 11.8 Å². The Morgan fingerprint density at radius 2 is 1.60 bits per heavy atom. The first-order valence-corrected chi connectivity index (χ1v) is 7.86. The molecule has 1 unspecified atom stereocenters. The van der Waals surface area contributed by atoms with Crippen molar-refractivity contribution in [3.63, 3.8) is 0 Å². The van der Waals surface area contributed by atoms with Gasteiger partial charge in [0.2, 0.25) is 0 Å². The van der Waals surface area contributed by atoms with Crippen LogP contribution in [0.5, 0.6) is 0 Å². The maximum Gasteiger partial charge on any atom is 0.318 e. The second kappa shape index (κ2) is 8.43. The fourth-order valence-corrected chi connectivity index (χ4v) is 2.27. The van der Waals surface area contributed by atoms with Gasteiger partial charge in [0.1, 0.15) is 17.1 Å². The van der Waals surface area contributed by atoms with Crippen LogP contribution in [0.3, 0.4) is 0 Å². The van der Waals surface area contributed by atoms with Gasteiger partial charge in [-0.05, 0) is 32.6 Å². The highest BCUT2D eigenvalue weighted by atomic mass is 127. The van der Waals surface area contributed by atoms with Gasteiger partial charge in [0, 0.05) is 0 Å². The van der Waals surface area contributed by atoms with Gasteiger partial charge >= 0.3 is 17.9 Å². The molecule has 1 atom stereocenters. The van der Waals surface area contributed by atoms with Crippen LogP contribution in [-0.2, 0) is 23.9 Å². The highest BCUT2D eigenvalue weighted by molar-refractivity contribution is 14.1. The Morgan fingerprint density at radius 3 is 2.10 bits per heavy atom. The standard InChI is InChI=1S/C13H19IO6/c1-8(14)12(17)19-6-7-20-13(18)10-4-2-9(3-5-10)11(15)16/h8-10H,2-7H2,1H3,(H,15,16). The largest absolute Gasteiger partial charge is 0.481 e. The van der Waals surface area contributed by atoms with Crippen molar-refractivity contribution in [2.75, 3.05) is 13.2 Å². The third-order valence-corrected chi connectivity index (χ3v) is 3.82. The van der Waals surface area contributed by atoms with E-state index in [1.165, 1.54) is 0 Å². The summed E-state index contributed by atoms with van der Waals surface area (Å²) < 4.78 is 9.70. The van der Waals surface area contributed by atoms with Crippen molar-refractivity contribution in [1.82, 2.24) is 0 Å². The number of alkyl halides is 1. The number of carbonyl (C=O) groups excluding carboxylic acids is 2. The number of carbonyl (C=O) groups is 3. The summed E-state index contributed by atoms with van der Waals surface area (Å²) in [5.41, 5.74) is 0. The highest BCUT2D eigenvalue weighted by Crippen LogP contribution is 2.29. The minimum absolute atomic E-state index is 0.0484. The number of rotatable bonds is 6. The van der Waals surface area contributed by atoms with E-state index in [0.717, 1.165) is 0 Å². The Hall–Kier alpha value is -0.860. The molecule has 0 amide bonds. The summed E-state index contributed by atoms with van der Waals surface area (Å²) in [7, 11) is 0. The van der Waals surface area contributed by atoms with Crippen LogP contribution >= 0.6 is 22.6 Å². The molecule has 0 radical (unpaired) electrons. The fraction of sp³-hybridized carbons (Fsp3) is 0.769. The molecule has 114 valence electrons. The number of aliphatic carboxylic acids is 1. The molecule has 1 N–H and O–H groups in total. The second-order valence-electron chi connectivity index (χ2n) is 4.84. The number of ether oxygens (including phenoxy) is 2. The van der Waals surface area contributed by atoms with Crippen LogP contribution in [0, 0.1) is 11.8 Å². The normalized spacial score (nSPS) is 23.7. The first-order chi connectivity index (χ1) is 9.41. The van der Waals surface area contributed by atoms with Gasteiger partial charge in [-0.1, -0.05) is 22.6 Å². The van der Waals surface area contributed by atoms with Crippen LogP contribution in [0.1, 0.15) is 32.6 Å². The minimum Gasteiger partial charge on any atom is -0.481 e. The number of hydrogen-bond acceptors (Lipinski definition) is 5. The van der Waals surface area contributed by atoms with E-state index in [-0.39, 0.29) is 40.9 Å². The zero-order valence-corrected chi connectivity index (χ0v) is 13.5. The van der Waals surface area contributed by atoms with Gasteiger partial charge in [0.15, 0.2) is 0 Å². The van der Waals surface area contributed by atoms with Crippen molar-refractivity contribution < 1.29 is 29.0 Å². The van der Waals surface area contributed by atoms with E-state index in [4.69, 9.17) is 14.6 Å². The first-order valence-electron chi connectivity index (χ1n) is 6.62. The molecule has 1 rings (SSSR count). The van der Waals surface area contributed by atoms with Gasteiger partial charge < -0.3 is 14.6 Å². The number of carboxylic acids is 1. The summed E-state index contributed by atoms with van der Waals surface area (Å²) >= 11 is 1.95. The van der Waals surface area contributed by atoms with Gasteiger partial charge in [0.25, 0.3) is 0 Å². The molecule has 1 aliphatic rings. The van der Waals surface area contributed by atoms with Gasteiger partial charge in [-0.2, -0.15) is 0 Å². The van der Waals surface area contributed by atoms with Crippen LogP contribution in [0.4, 0.5) is 0 Å². The van der Waals surface area contributed by atoms with E-state index < -0.39 is 5.97 Å². The minimum atomic E-state index is -0.795. The molecule has 0 aliphatic heterocycles. The Morgan fingerprint density at radius 1 is 1.10 bits per heavy atom. The van der Waals surface area contributed by atoms with E-state index in [1.54, 1.807) is 6.92 Å². The van der Waals surface area contributed by atoms with E-state index >= 15 is 0 Å². The summed E-state index contributed by atoms with van der Waals surface area (Å²) in [6.07, 6.45) is 2.10. The average Bonchev–Trinajstić information content (AvgIpc) is 2.43. The quantitative estimate of drug-likeness (QED) is 0.318. The lowest BCUT2D eigenvalue weighted by atomic mass is 9.82. The summed E-state index contributed by atoms with van der Waals surface area (Å²) in [6, 6.07) is 0. The number of halogens is 1. The van der Waals surface area contributed by atoms with Crippen molar-refractivity contribution in [1.29, 1.82) is 0 Å². The molecule has 1 aliphatic carbocycles. The van der Waals surface area contributed by atoms with E-state index in [9.17, 15) is 14.4 Å². The molecule has 20 heavy (non-hydrogen) atoms. The summed E-state index contributed by atoms with van der Waals surface area (Å²) in [4.78, 5) is 33.7. The molecule has 0 saturated heterocycles. The molecule has 0 bridgehead atoms. The smallest absolute Gasteiger partial charge is 0.318 e. The predicted octanol–water partition coefficient (Wildman–Crippen LogP) is 1.79. The van der Waals surface area contributed by atoms with Crippen LogP contribution in [-0.4, -0.2) is 40.2 Å². The first kappa shape index (κ1) is 17.2. The molecule has 0 spiro atoms. The van der Waals surface area contributed by atoms with Crippen LogP contribution < -0.4 is 0 Å². The van der Waals surface area contributed by atoms with E-state index in [2.05, 4.69) is 0 Å². The number of carboxylic acid groups (broad SMARTS) is 1. The molecule has 7 heteroatoms. The van der Waals surface area contributed by atoms with Crippen molar-refractivity contribution in [3.05, 3.63) is 0 Å². The lowest BCUT2D eigenvalue weighted by molar-refractivity contribution is -0.156. The molecular formula is C13H19IO6. The molecule has 1 fully saturated rings. The molecule has 0 aromatic rings. The average molecular weight is 398 g/mol. The third kappa shape index (κ3) is 5.64. The molecule has 0 aromatic carbocycles. The number of esters is 2. The zero-order chi connectivity index (χ0) is 15.1. The predicted molar refractivity (Wildman–Crippen MR) is 78.5 cm³/mol. The summed E-state index contributed by atoms with van der Waals surface area (Å²) in [5.74, 6) is -2.03. The fourth-order valence-electron chi connectivity index (χ4n) is 2.09. The van der Waals surface area contributed by atoms with Gasteiger partial charge in [-0.15, -0.1) is 0 Å². The number of hydrogen-bond donors (Lipinski definition) is 1. The highest BCUT2D eigenvalue weighted by Gasteiger charge is 2.30. The van der Waals surface area contributed by atoms with E-state index in [0.29, 0.717) is 25.7 Å². The SMILES string of the molecule is CC(I)C(=O)OCCOC(=O)C1CCC(C(=O)O)CC1. The van der Waals surface area contributed by atoms with Crippen molar-refractivity contribution >= 4 is 40.5 Å². The lowest BCUT2D eigenvalue weighted by Crippen LogP contribution is -2.28. The van der Waals surface area contributed by atoms with Gasteiger partial charge in [-0.3, -0.25) is 14.4 Å². The molecule has 1 saturated carbocycles. The zero-order valence-electron chi connectivity index (χ0n) is 11.3. The van der Waals surface area contributed by atoms with Crippen LogP contribution in [0.25, 0.3) is 0 Å². The molecule has 6 nitrogen and oxygen atoms in total. The molecule has 0 heterocycles. The maximum absolute atomic E-state index is 11.7. The Bertz CT molecular complexity index is 360. The summed E-state index contributed by atoms with van der Waals surface area (Å²) in [6.45, 7) is 1.82. The maximum atomic E-state index is 11.7. The Labute approximate surface area is 131 Å². The van der Waals surface area contributed by atoms with E-state index in [1.807, 2.05) is 22.6 Å². The Balaban J connectivity index is 2.18. The second-order valence-corrected chi connectivity index (χ2v) is 6.71. The molecular weight excluding hydrogens is 379 g/mol. The van der Waals surface area contributed by atoms with Crippen molar-refractivity contribution in [2.24, 2.45) is 11.8 Å². The van der Waals surface area contributed by atoms with Crippen LogP contribution in [0.15, 0.2) is 0 Å². The monoisotopic (exact) mass is 398 g/mol. The van der Waals surface area contributed by atoms with Crippen molar-refractivity contribution in [3.8, 4) is 0 Å². The Kier molecular flexibility index (Phi) is 7.25. The van der Waals surface area contributed by atoms with Gasteiger partial charge in [-0.25, -0.2) is 0 Å². The third-order valence-electron chi connectivity index (χ3n) is 3.31. The molecule has 0 aromatic heterocycles. The van der Waals surface area contributed by atoms with Crippen LogP contribution in [0.2, 0.25) is 0 Å². The topological polar surface area (TPSA) is 89.9 Å².